The number of aromatic nitrogens is 2. The number of halogens is 3. The number of aliphatic hydroxyl groups is 1. The van der Waals surface area contributed by atoms with Crippen LogP contribution in [0.15, 0.2) is 6.07 Å². The number of hydrazine groups is 1. The molecule has 6 nitrogen and oxygen atoms in total. The first kappa shape index (κ1) is 13.5. The molecular formula is C8H12F3N5O. The Labute approximate surface area is 95.0 Å². The zero-order chi connectivity index (χ0) is 13.1. The van der Waals surface area contributed by atoms with E-state index in [0.29, 0.717) is 5.82 Å². The van der Waals surface area contributed by atoms with Gasteiger partial charge in [0.2, 0.25) is 0 Å². The molecule has 0 saturated heterocycles. The first-order valence-corrected chi connectivity index (χ1v) is 4.64. The third-order valence-electron chi connectivity index (χ3n) is 1.84. The normalized spacial score (nSPS) is 13.3. The van der Waals surface area contributed by atoms with Crippen molar-refractivity contribution in [1.29, 1.82) is 0 Å². The van der Waals surface area contributed by atoms with Crippen molar-refractivity contribution in [2.45, 2.75) is 19.2 Å². The predicted octanol–water partition coefficient (Wildman–Crippen LogP) is 0.406. The van der Waals surface area contributed by atoms with Crippen molar-refractivity contribution in [3.63, 3.8) is 0 Å². The third kappa shape index (κ3) is 4.04. The molecule has 1 aromatic heterocycles. The summed E-state index contributed by atoms with van der Waals surface area (Å²) in [5.41, 5.74) is 2.25. The highest BCUT2D eigenvalue weighted by Crippen LogP contribution is 2.20. The van der Waals surface area contributed by atoms with Crippen molar-refractivity contribution in [1.82, 2.24) is 9.97 Å². The summed E-state index contributed by atoms with van der Waals surface area (Å²) in [6, 6.07) is 1.33. The number of anilines is 2. The van der Waals surface area contributed by atoms with Crippen LogP contribution < -0.4 is 16.6 Å². The number of hydrogen-bond donors (Lipinski definition) is 4. The van der Waals surface area contributed by atoms with Crippen LogP contribution in [0, 0.1) is 6.92 Å². The highest BCUT2D eigenvalue weighted by atomic mass is 19.4. The molecular weight excluding hydrogens is 239 g/mol. The summed E-state index contributed by atoms with van der Waals surface area (Å²) in [7, 11) is 0. The van der Waals surface area contributed by atoms with Gasteiger partial charge in [-0.1, -0.05) is 0 Å². The molecule has 0 fully saturated rings. The van der Waals surface area contributed by atoms with Crippen molar-refractivity contribution >= 4 is 11.6 Å². The van der Waals surface area contributed by atoms with E-state index in [1.807, 2.05) is 0 Å². The Morgan fingerprint density at radius 2 is 2.00 bits per heavy atom. The molecule has 1 rings (SSSR count). The number of nitrogens with one attached hydrogen (secondary N) is 2. The lowest BCUT2D eigenvalue weighted by molar-refractivity contribution is -0.198. The fourth-order valence-electron chi connectivity index (χ4n) is 1.05. The van der Waals surface area contributed by atoms with Crippen LogP contribution in [0.4, 0.5) is 24.8 Å². The Balaban J connectivity index is 2.66. The van der Waals surface area contributed by atoms with Crippen molar-refractivity contribution in [3.05, 3.63) is 11.9 Å². The first-order chi connectivity index (χ1) is 7.82. The summed E-state index contributed by atoms with van der Waals surface area (Å²) in [5.74, 6) is 5.87. The lowest BCUT2D eigenvalue weighted by atomic mass is 10.3. The van der Waals surface area contributed by atoms with Gasteiger partial charge in [0.15, 0.2) is 6.10 Å². The van der Waals surface area contributed by atoms with Gasteiger partial charge in [-0.15, -0.1) is 0 Å². The molecule has 9 heteroatoms. The summed E-state index contributed by atoms with van der Waals surface area (Å²) in [4.78, 5) is 7.70. The smallest absolute Gasteiger partial charge is 0.382 e. The number of rotatable bonds is 4. The van der Waals surface area contributed by atoms with Crippen LogP contribution in [-0.2, 0) is 0 Å². The maximum atomic E-state index is 12.0. The number of aliphatic hydroxyl groups excluding tert-OH is 1. The second-order valence-electron chi connectivity index (χ2n) is 3.27. The molecule has 1 unspecified atom stereocenters. The Bertz CT molecular complexity index is 384. The molecule has 0 aromatic carbocycles. The van der Waals surface area contributed by atoms with E-state index in [9.17, 15) is 13.2 Å². The average molecular weight is 251 g/mol. The first-order valence-electron chi connectivity index (χ1n) is 4.64. The molecule has 1 aromatic rings. The van der Waals surface area contributed by atoms with E-state index in [2.05, 4.69) is 20.7 Å². The average Bonchev–Trinajstić information content (AvgIpc) is 2.23. The minimum Gasteiger partial charge on any atom is -0.382 e. The van der Waals surface area contributed by atoms with E-state index < -0.39 is 18.8 Å². The fourth-order valence-corrected chi connectivity index (χ4v) is 1.05. The summed E-state index contributed by atoms with van der Waals surface area (Å²) in [6.45, 7) is 0.871. The van der Waals surface area contributed by atoms with E-state index in [4.69, 9.17) is 10.9 Å². The van der Waals surface area contributed by atoms with Crippen molar-refractivity contribution in [2.75, 3.05) is 17.3 Å². The van der Waals surface area contributed by atoms with E-state index in [1.165, 1.54) is 6.07 Å². The summed E-state index contributed by atoms with van der Waals surface area (Å²) in [6.07, 6.45) is -7.11. The topological polar surface area (TPSA) is 96.1 Å². The number of nitrogens with two attached hydrogens (primary N) is 1. The SMILES string of the molecule is Cc1nc(NN)cc(NCC(O)C(F)(F)F)n1. The van der Waals surface area contributed by atoms with Gasteiger partial charge in [0.1, 0.15) is 17.5 Å². The summed E-state index contributed by atoms with van der Waals surface area (Å²) >= 11 is 0. The fraction of sp³-hybridized carbons (Fsp3) is 0.500. The number of alkyl halides is 3. The summed E-state index contributed by atoms with van der Waals surface area (Å²) < 4.78 is 36.1. The Morgan fingerprint density at radius 3 is 2.53 bits per heavy atom. The van der Waals surface area contributed by atoms with Gasteiger partial charge in [-0.3, -0.25) is 0 Å². The lowest BCUT2D eigenvalue weighted by Gasteiger charge is -2.15. The molecule has 5 N–H and O–H groups in total. The zero-order valence-electron chi connectivity index (χ0n) is 8.91. The molecule has 0 aliphatic rings. The molecule has 0 aliphatic heterocycles. The largest absolute Gasteiger partial charge is 0.416 e. The number of hydrogen-bond acceptors (Lipinski definition) is 6. The van der Waals surface area contributed by atoms with Crippen LogP contribution >= 0.6 is 0 Å². The predicted molar refractivity (Wildman–Crippen MR) is 55.1 cm³/mol. The second-order valence-corrected chi connectivity index (χ2v) is 3.27. The van der Waals surface area contributed by atoms with Crippen LogP contribution in [0.3, 0.4) is 0 Å². The summed E-state index contributed by atoms with van der Waals surface area (Å²) in [5, 5.41) is 11.1. The van der Waals surface area contributed by atoms with Gasteiger partial charge in [0.05, 0.1) is 6.54 Å². The highest BCUT2D eigenvalue weighted by Gasteiger charge is 2.37. The van der Waals surface area contributed by atoms with Crippen LogP contribution in [0.1, 0.15) is 5.82 Å². The molecule has 0 radical (unpaired) electrons. The maximum Gasteiger partial charge on any atom is 0.416 e. The quantitative estimate of drug-likeness (QED) is 0.457. The van der Waals surface area contributed by atoms with Gasteiger partial charge in [-0.25, -0.2) is 15.8 Å². The van der Waals surface area contributed by atoms with Gasteiger partial charge >= 0.3 is 6.18 Å². The second kappa shape index (κ2) is 5.15. The molecule has 0 bridgehead atoms. The molecule has 0 spiro atoms. The van der Waals surface area contributed by atoms with Gasteiger partial charge in [-0.05, 0) is 6.92 Å². The highest BCUT2D eigenvalue weighted by molar-refractivity contribution is 5.46. The Kier molecular flexibility index (Phi) is 4.07. The molecule has 0 aliphatic carbocycles. The van der Waals surface area contributed by atoms with Gasteiger partial charge < -0.3 is 15.8 Å². The Hall–Kier alpha value is -1.61. The van der Waals surface area contributed by atoms with Gasteiger partial charge in [0, 0.05) is 6.07 Å². The molecule has 17 heavy (non-hydrogen) atoms. The van der Waals surface area contributed by atoms with E-state index >= 15 is 0 Å². The van der Waals surface area contributed by atoms with E-state index in [0.717, 1.165) is 0 Å². The van der Waals surface area contributed by atoms with E-state index in [-0.39, 0.29) is 11.6 Å². The zero-order valence-corrected chi connectivity index (χ0v) is 8.91. The van der Waals surface area contributed by atoms with Crippen LogP contribution in [0.2, 0.25) is 0 Å². The molecule has 96 valence electrons. The van der Waals surface area contributed by atoms with Crippen LogP contribution in [0.25, 0.3) is 0 Å². The van der Waals surface area contributed by atoms with Crippen LogP contribution in [0.5, 0.6) is 0 Å². The van der Waals surface area contributed by atoms with Gasteiger partial charge in [-0.2, -0.15) is 13.2 Å². The molecule has 1 atom stereocenters. The minimum atomic E-state index is -4.66. The molecule has 0 saturated carbocycles. The van der Waals surface area contributed by atoms with Crippen molar-refractivity contribution < 1.29 is 18.3 Å². The van der Waals surface area contributed by atoms with Crippen LogP contribution in [-0.4, -0.2) is 33.9 Å². The monoisotopic (exact) mass is 251 g/mol. The lowest BCUT2D eigenvalue weighted by Crippen LogP contribution is -2.35. The number of nitrogen functional groups attached to an aromatic ring is 1. The Morgan fingerprint density at radius 1 is 1.41 bits per heavy atom. The van der Waals surface area contributed by atoms with E-state index in [1.54, 1.807) is 6.92 Å². The third-order valence-corrected chi connectivity index (χ3v) is 1.84. The number of nitrogens with zero attached hydrogens (tertiary/aromatic N) is 2. The minimum absolute atomic E-state index is 0.147. The van der Waals surface area contributed by atoms with Crippen molar-refractivity contribution in [2.24, 2.45) is 5.84 Å². The number of aryl methyl sites for hydroxylation is 1. The molecule has 1 heterocycles. The van der Waals surface area contributed by atoms with Crippen molar-refractivity contribution in [3.8, 4) is 0 Å². The van der Waals surface area contributed by atoms with Gasteiger partial charge in [0.25, 0.3) is 0 Å². The standard InChI is InChI=1S/C8H12F3N5O/c1-4-14-6(2-7(15-4)16-12)13-3-5(17)8(9,10)11/h2,5,17H,3,12H2,1H3,(H2,13,14,15,16). The molecule has 0 amide bonds. The maximum absolute atomic E-state index is 12.0.